The third kappa shape index (κ3) is 5.08. The van der Waals surface area contributed by atoms with Crippen molar-refractivity contribution in [1.82, 2.24) is 4.72 Å². The Kier molecular flexibility index (Phi) is 6.62. The molecule has 1 amide bonds. The van der Waals surface area contributed by atoms with E-state index in [1.54, 1.807) is 19.1 Å². The van der Waals surface area contributed by atoms with E-state index in [9.17, 15) is 13.2 Å². The number of rotatable bonds is 7. The van der Waals surface area contributed by atoms with Gasteiger partial charge in [0, 0.05) is 5.69 Å². The van der Waals surface area contributed by atoms with Crippen molar-refractivity contribution in [2.45, 2.75) is 45.6 Å². The van der Waals surface area contributed by atoms with Crippen LogP contribution in [-0.2, 0) is 14.8 Å². The summed E-state index contributed by atoms with van der Waals surface area (Å²) in [6.45, 7) is 9.51. The quantitative estimate of drug-likeness (QED) is 0.760. The average Bonchev–Trinajstić information content (AvgIpc) is 2.60. The highest BCUT2D eigenvalue weighted by Crippen LogP contribution is 2.22. The van der Waals surface area contributed by atoms with Crippen LogP contribution in [0, 0.1) is 20.8 Å². The van der Waals surface area contributed by atoms with Gasteiger partial charge in [0.05, 0.1) is 17.5 Å². The summed E-state index contributed by atoms with van der Waals surface area (Å²) >= 11 is 0. The topological polar surface area (TPSA) is 84.5 Å². The van der Waals surface area contributed by atoms with Gasteiger partial charge in [-0.1, -0.05) is 12.1 Å². The molecule has 27 heavy (non-hydrogen) atoms. The molecule has 0 saturated heterocycles. The Morgan fingerprint density at radius 1 is 1.11 bits per heavy atom. The van der Waals surface area contributed by atoms with Crippen LogP contribution < -0.4 is 14.8 Å². The lowest BCUT2D eigenvalue weighted by atomic mass is 10.1. The number of benzene rings is 2. The van der Waals surface area contributed by atoms with Crippen molar-refractivity contribution in [3.63, 3.8) is 0 Å². The lowest BCUT2D eigenvalue weighted by Crippen LogP contribution is -2.41. The number of hydrogen-bond donors (Lipinski definition) is 2. The average molecular weight is 391 g/mol. The molecular formula is C20H26N2O4S. The van der Waals surface area contributed by atoms with E-state index in [1.807, 2.05) is 32.9 Å². The second kappa shape index (κ2) is 8.54. The SMILES string of the molecule is CCOc1ccc(S(=O)(=O)N[C@@H](C)C(=O)Nc2cccc(C)c2C)cc1C. The van der Waals surface area contributed by atoms with Gasteiger partial charge in [-0.2, -0.15) is 4.72 Å². The monoisotopic (exact) mass is 390 g/mol. The van der Waals surface area contributed by atoms with E-state index < -0.39 is 22.0 Å². The highest BCUT2D eigenvalue weighted by atomic mass is 32.2. The van der Waals surface area contributed by atoms with Crippen molar-refractivity contribution < 1.29 is 17.9 Å². The fourth-order valence-corrected chi connectivity index (χ4v) is 3.88. The van der Waals surface area contributed by atoms with Crippen LogP contribution in [0.15, 0.2) is 41.3 Å². The third-order valence-corrected chi connectivity index (χ3v) is 5.88. The van der Waals surface area contributed by atoms with Crippen molar-refractivity contribution in [2.75, 3.05) is 11.9 Å². The Bertz CT molecular complexity index is 939. The number of carbonyl (C=O) groups is 1. The molecule has 0 fully saturated rings. The van der Waals surface area contributed by atoms with Crippen LogP contribution in [0.5, 0.6) is 5.75 Å². The molecule has 2 aromatic rings. The minimum absolute atomic E-state index is 0.0924. The molecule has 0 aliphatic heterocycles. The van der Waals surface area contributed by atoms with Crippen LogP contribution in [0.1, 0.15) is 30.5 Å². The molecule has 2 aromatic carbocycles. The lowest BCUT2D eigenvalue weighted by Gasteiger charge is -2.17. The van der Waals surface area contributed by atoms with Crippen molar-refractivity contribution in [3.8, 4) is 5.75 Å². The van der Waals surface area contributed by atoms with Crippen molar-refractivity contribution in [3.05, 3.63) is 53.1 Å². The summed E-state index contributed by atoms with van der Waals surface area (Å²) in [5.74, 6) is 0.215. The number of ether oxygens (including phenoxy) is 1. The second-order valence-corrected chi connectivity index (χ2v) is 8.15. The first-order valence-corrected chi connectivity index (χ1v) is 10.3. The number of sulfonamides is 1. The molecule has 0 radical (unpaired) electrons. The molecule has 0 aromatic heterocycles. The van der Waals surface area contributed by atoms with Crippen LogP contribution in [0.2, 0.25) is 0 Å². The maximum Gasteiger partial charge on any atom is 0.242 e. The Hall–Kier alpha value is -2.38. The maximum absolute atomic E-state index is 12.6. The van der Waals surface area contributed by atoms with E-state index in [-0.39, 0.29) is 4.90 Å². The molecule has 6 nitrogen and oxygen atoms in total. The van der Waals surface area contributed by atoms with Gasteiger partial charge in [-0.05, 0) is 75.6 Å². The van der Waals surface area contributed by atoms with Gasteiger partial charge in [0.15, 0.2) is 0 Å². The van der Waals surface area contributed by atoms with Gasteiger partial charge in [-0.3, -0.25) is 4.79 Å². The summed E-state index contributed by atoms with van der Waals surface area (Å²) in [5.41, 5.74) is 3.38. The molecule has 0 saturated carbocycles. The van der Waals surface area contributed by atoms with E-state index >= 15 is 0 Å². The van der Waals surface area contributed by atoms with E-state index in [2.05, 4.69) is 10.0 Å². The second-order valence-electron chi connectivity index (χ2n) is 6.44. The maximum atomic E-state index is 12.6. The van der Waals surface area contributed by atoms with Gasteiger partial charge >= 0.3 is 0 Å². The third-order valence-electron chi connectivity index (χ3n) is 4.34. The van der Waals surface area contributed by atoms with Crippen LogP contribution in [0.25, 0.3) is 0 Å². The summed E-state index contributed by atoms with van der Waals surface area (Å²) in [6, 6.07) is 9.27. The molecule has 146 valence electrons. The molecule has 7 heteroatoms. The Balaban J connectivity index is 2.13. The zero-order valence-corrected chi connectivity index (χ0v) is 17.1. The van der Waals surface area contributed by atoms with E-state index in [0.29, 0.717) is 23.6 Å². The summed E-state index contributed by atoms with van der Waals surface area (Å²) < 4.78 is 33.1. The largest absolute Gasteiger partial charge is 0.494 e. The number of anilines is 1. The normalized spacial score (nSPS) is 12.5. The van der Waals surface area contributed by atoms with Gasteiger partial charge in [0.1, 0.15) is 5.75 Å². The standard InChI is InChI=1S/C20H26N2O4S/c1-6-26-19-11-10-17(12-14(19)3)27(24,25)22-16(5)20(23)21-18-9-7-8-13(2)15(18)4/h7-12,16,22H,6H2,1-5H3,(H,21,23)/t16-/m0/s1. The van der Waals surface area contributed by atoms with E-state index in [4.69, 9.17) is 4.74 Å². The molecule has 0 aliphatic carbocycles. The number of carbonyl (C=O) groups excluding carboxylic acids is 1. The van der Waals surface area contributed by atoms with Crippen LogP contribution in [0.3, 0.4) is 0 Å². The van der Waals surface area contributed by atoms with Crippen LogP contribution in [0.4, 0.5) is 5.69 Å². The van der Waals surface area contributed by atoms with Crippen LogP contribution >= 0.6 is 0 Å². The number of nitrogens with one attached hydrogen (secondary N) is 2. The Morgan fingerprint density at radius 2 is 1.81 bits per heavy atom. The number of hydrogen-bond acceptors (Lipinski definition) is 4. The Labute approximate surface area is 161 Å². The first-order valence-electron chi connectivity index (χ1n) is 8.78. The smallest absolute Gasteiger partial charge is 0.242 e. The zero-order chi connectivity index (χ0) is 20.2. The molecule has 2 rings (SSSR count). The molecule has 1 atom stereocenters. The van der Waals surface area contributed by atoms with Gasteiger partial charge in [-0.15, -0.1) is 0 Å². The minimum Gasteiger partial charge on any atom is -0.494 e. The van der Waals surface area contributed by atoms with Crippen molar-refractivity contribution >= 4 is 21.6 Å². The molecule has 0 heterocycles. The molecule has 0 aliphatic rings. The number of aryl methyl sites for hydroxylation is 2. The van der Waals surface area contributed by atoms with Crippen molar-refractivity contribution in [2.24, 2.45) is 0 Å². The summed E-state index contributed by atoms with van der Waals surface area (Å²) in [6.07, 6.45) is 0. The predicted molar refractivity (Wildman–Crippen MR) is 107 cm³/mol. The highest BCUT2D eigenvalue weighted by Gasteiger charge is 2.23. The lowest BCUT2D eigenvalue weighted by molar-refractivity contribution is -0.117. The van der Waals surface area contributed by atoms with Gasteiger partial charge in [0.2, 0.25) is 15.9 Å². The molecule has 2 N–H and O–H groups in total. The highest BCUT2D eigenvalue weighted by molar-refractivity contribution is 7.89. The zero-order valence-electron chi connectivity index (χ0n) is 16.3. The Morgan fingerprint density at radius 3 is 2.44 bits per heavy atom. The van der Waals surface area contributed by atoms with Crippen LogP contribution in [-0.4, -0.2) is 27.0 Å². The minimum atomic E-state index is -3.84. The fourth-order valence-electron chi connectivity index (χ4n) is 2.59. The molecule has 0 spiro atoms. The summed E-state index contributed by atoms with van der Waals surface area (Å²) in [7, 11) is -3.84. The van der Waals surface area contributed by atoms with Gasteiger partial charge in [-0.25, -0.2) is 8.42 Å². The number of amides is 1. The summed E-state index contributed by atoms with van der Waals surface area (Å²) in [4.78, 5) is 12.5. The van der Waals surface area contributed by atoms with Crippen molar-refractivity contribution in [1.29, 1.82) is 0 Å². The fraction of sp³-hybridized carbons (Fsp3) is 0.350. The first kappa shape index (κ1) is 20.9. The van der Waals surface area contributed by atoms with E-state index in [0.717, 1.165) is 11.1 Å². The van der Waals surface area contributed by atoms with Gasteiger partial charge in [0.25, 0.3) is 0 Å². The van der Waals surface area contributed by atoms with E-state index in [1.165, 1.54) is 19.1 Å². The van der Waals surface area contributed by atoms with Gasteiger partial charge < -0.3 is 10.1 Å². The first-order chi connectivity index (χ1) is 12.7. The molecule has 0 bridgehead atoms. The predicted octanol–water partition coefficient (Wildman–Crippen LogP) is 3.32. The molecule has 0 unspecified atom stereocenters. The summed E-state index contributed by atoms with van der Waals surface area (Å²) in [5, 5.41) is 2.78. The molecular weight excluding hydrogens is 364 g/mol.